The number of nitrogens with zero attached hydrogens (tertiary/aromatic N) is 1. The van der Waals surface area contributed by atoms with Crippen LogP contribution in [0.3, 0.4) is 0 Å². The fraction of sp³-hybridized carbons (Fsp3) is 0.556. The lowest BCUT2D eigenvalue weighted by Gasteiger charge is -2.00. The number of hydrogen-bond donors (Lipinski definition) is 0. The van der Waals surface area contributed by atoms with E-state index in [4.69, 9.17) is 0 Å². The van der Waals surface area contributed by atoms with Gasteiger partial charge < -0.3 is 4.79 Å². The first-order valence-corrected chi connectivity index (χ1v) is 7.39. The SMILES string of the molecule is O=CCc1csc(C2CCS(=O)(=O)C2)n1. The van der Waals surface area contributed by atoms with Crippen LogP contribution < -0.4 is 0 Å². The highest BCUT2D eigenvalue weighted by Gasteiger charge is 2.30. The number of carbonyl (C=O) groups excluding carboxylic acids is 1. The van der Waals surface area contributed by atoms with Gasteiger partial charge in [0.25, 0.3) is 0 Å². The second-order valence-corrected chi connectivity index (χ2v) is 6.77. The van der Waals surface area contributed by atoms with Gasteiger partial charge >= 0.3 is 0 Å². The van der Waals surface area contributed by atoms with E-state index in [0.717, 1.165) is 17.0 Å². The largest absolute Gasteiger partial charge is 0.303 e. The van der Waals surface area contributed by atoms with Gasteiger partial charge in [-0.15, -0.1) is 11.3 Å². The maximum atomic E-state index is 11.3. The molecule has 0 spiro atoms. The van der Waals surface area contributed by atoms with Gasteiger partial charge in [-0.3, -0.25) is 0 Å². The highest BCUT2D eigenvalue weighted by Crippen LogP contribution is 2.30. The summed E-state index contributed by atoms with van der Waals surface area (Å²) >= 11 is 1.45. The zero-order valence-corrected chi connectivity index (χ0v) is 9.68. The van der Waals surface area contributed by atoms with Crippen molar-refractivity contribution in [3.05, 3.63) is 16.1 Å². The van der Waals surface area contributed by atoms with Crippen LogP contribution in [0.15, 0.2) is 5.38 Å². The summed E-state index contributed by atoms with van der Waals surface area (Å²) in [4.78, 5) is 14.5. The fourth-order valence-corrected chi connectivity index (χ4v) is 4.50. The Morgan fingerprint density at radius 3 is 3.00 bits per heavy atom. The van der Waals surface area contributed by atoms with Gasteiger partial charge in [0, 0.05) is 17.7 Å². The molecule has 2 rings (SSSR count). The maximum Gasteiger partial charge on any atom is 0.151 e. The normalized spacial score (nSPS) is 24.1. The summed E-state index contributed by atoms with van der Waals surface area (Å²) in [6, 6.07) is 0. The van der Waals surface area contributed by atoms with Gasteiger partial charge in [0.2, 0.25) is 0 Å². The van der Waals surface area contributed by atoms with Crippen LogP contribution in [0.25, 0.3) is 0 Å². The lowest BCUT2D eigenvalue weighted by atomic mass is 10.1. The maximum absolute atomic E-state index is 11.3. The topological polar surface area (TPSA) is 64.1 Å². The van der Waals surface area contributed by atoms with Crippen molar-refractivity contribution in [3.8, 4) is 0 Å². The summed E-state index contributed by atoms with van der Waals surface area (Å²) in [5, 5.41) is 2.68. The number of thiazole rings is 1. The molecule has 1 fully saturated rings. The number of aromatic nitrogens is 1. The van der Waals surface area contributed by atoms with E-state index in [1.165, 1.54) is 11.3 Å². The van der Waals surface area contributed by atoms with Crippen molar-refractivity contribution in [3.63, 3.8) is 0 Å². The lowest BCUT2D eigenvalue weighted by molar-refractivity contribution is -0.107. The molecule has 1 aromatic rings. The van der Waals surface area contributed by atoms with Crippen LogP contribution in [0.4, 0.5) is 0 Å². The predicted octanol–water partition coefficient (Wildman–Crippen LogP) is 0.787. The Kier molecular flexibility index (Phi) is 2.88. The second kappa shape index (κ2) is 4.02. The lowest BCUT2D eigenvalue weighted by Crippen LogP contribution is -2.03. The van der Waals surface area contributed by atoms with Gasteiger partial charge in [-0.05, 0) is 6.42 Å². The first-order chi connectivity index (χ1) is 7.11. The Balaban J connectivity index is 2.13. The Labute approximate surface area is 92.3 Å². The highest BCUT2D eigenvalue weighted by molar-refractivity contribution is 7.91. The number of sulfone groups is 1. The first-order valence-electron chi connectivity index (χ1n) is 4.69. The molecule has 1 aliphatic rings. The van der Waals surface area contributed by atoms with E-state index < -0.39 is 9.84 Å². The summed E-state index contributed by atoms with van der Waals surface area (Å²) < 4.78 is 22.5. The predicted molar refractivity (Wildman–Crippen MR) is 57.9 cm³/mol. The summed E-state index contributed by atoms with van der Waals surface area (Å²) in [6.07, 6.45) is 1.79. The van der Waals surface area contributed by atoms with E-state index in [0.29, 0.717) is 12.8 Å². The molecule has 0 aliphatic carbocycles. The Hall–Kier alpha value is -0.750. The third-order valence-corrected chi connectivity index (χ3v) is 5.27. The zero-order chi connectivity index (χ0) is 10.9. The summed E-state index contributed by atoms with van der Waals surface area (Å²) in [5.41, 5.74) is 0.745. The summed E-state index contributed by atoms with van der Waals surface area (Å²) in [6.45, 7) is 0. The first kappa shape index (κ1) is 10.8. The van der Waals surface area contributed by atoms with Crippen LogP contribution in [-0.2, 0) is 21.1 Å². The third kappa shape index (κ3) is 2.43. The van der Waals surface area contributed by atoms with E-state index in [9.17, 15) is 13.2 Å². The molecule has 0 amide bonds. The summed E-state index contributed by atoms with van der Waals surface area (Å²) in [7, 11) is -2.85. The van der Waals surface area contributed by atoms with Crippen LogP contribution in [0, 0.1) is 0 Å². The molecule has 6 heteroatoms. The van der Waals surface area contributed by atoms with Gasteiger partial charge in [0.1, 0.15) is 6.29 Å². The molecule has 1 unspecified atom stereocenters. The number of hydrogen-bond acceptors (Lipinski definition) is 5. The quantitative estimate of drug-likeness (QED) is 0.738. The van der Waals surface area contributed by atoms with E-state index in [2.05, 4.69) is 4.98 Å². The molecule has 15 heavy (non-hydrogen) atoms. The molecule has 1 aromatic heterocycles. The molecular formula is C9H11NO3S2. The Bertz CT molecular complexity index is 463. The van der Waals surface area contributed by atoms with Gasteiger partial charge in [-0.1, -0.05) is 0 Å². The molecule has 0 bridgehead atoms. The van der Waals surface area contributed by atoms with E-state index in [1.54, 1.807) is 0 Å². The van der Waals surface area contributed by atoms with Crippen LogP contribution in [0.1, 0.15) is 23.0 Å². The monoisotopic (exact) mass is 245 g/mol. The van der Waals surface area contributed by atoms with Crippen molar-refractivity contribution in [1.82, 2.24) is 4.98 Å². The molecule has 4 nitrogen and oxygen atoms in total. The molecule has 0 radical (unpaired) electrons. The van der Waals surface area contributed by atoms with Crippen LogP contribution in [0.5, 0.6) is 0 Å². The minimum Gasteiger partial charge on any atom is -0.303 e. The van der Waals surface area contributed by atoms with Crippen molar-refractivity contribution in [1.29, 1.82) is 0 Å². The highest BCUT2D eigenvalue weighted by atomic mass is 32.2. The van der Waals surface area contributed by atoms with Gasteiger partial charge in [0.15, 0.2) is 9.84 Å². The minimum atomic E-state index is -2.85. The van der Waals surface area contributed by atoms with E-state index in [1.807, 2.05) is 5.38 Å². The average molecular weight is 245 g/mol. The molecule has 0 N–H and O–H groups in total. The standard InChI is InChI=1S/C9H11NO3S2/c11-3-1-8-5-14-9(10-8)7-2-4-15(12,13)6-7/h3,5,7H,1-2,4,6H2. The van der Waals surface area contributed by atoms with Crippen LogP contribution in [0.2, 0.25) is 0 Å². The second-order valence-electron chi connectivity index (χ2n) is 3.65. The molecule has 1 atom stereocenters. The molecule has 1 aliphatic heterocycles. The van der Waals surface area contributed by atoms with E-state index >= 15 is 0 Å². The van der Waals surface area contributed by atoms with Gasteiger partial charge in [-0.2, -0.15) is 0 Å². The zero-order valence-electron chi connectivity index (χ0n) is 8.05. The molecule has 0 aromatic carbocycles. The van der Waals surface area contributed by atoms with E-state index in [-0.39, 0.29) is 17.4 Å². The molecule has 2 heterocycles. The number of carbonyl (C=O) groups is 1. The minimum absolute atomic E-state index is 0.0420. The van der Waals surface area contributed by atoms with Crippen LogP contribution >= 0.6 is 11.3 Å². The van der Waals surface area contributed by atoms with Crippen molar-refractivity contribution < 1.29 is 13.2 Å². The van der Waals surface area contributed by atoms with Crippen molar-refractivity contribution in [2.75, 3.05) is 11.5 Å². The van der Waals surface area contributed by atoms with Crippen LogP contribution in [-0.4, -0.2) is 31.2 Å². The third-order valence-electron chi connectivity index (χ3n) is 2.44. The van der Waals surface area contributed by atoms with Crippen molar-refractivity contribution in [2.45, 2.75) is 18.8 Å². The average Bonchev–Trinajstić information content (AvgIpc) is 2.73. The molecule has 0 saturated carbocycles. The Morgan fingerprint density at radius 1 is 1.60 bits per heavy atom. The smallest absolute Gasteiger partial charge is 0.151 e. The number of rotatable bonds is 3. The van der Waals surface area contributed by atoms with Gasteiger partial charge in [-0.25, -0.2) is 13.4 Å². The fourth-order valence-electron chi connectivity index (χ4n) is 1.68. The van der Waals surface area contributed by atoms with Crippen molar-refractivity contribution in [2.24, 2.45) is 0 Å². The summed E-state index contributed by atoms with van der Waals surface area (Å²) in [5.74, 6) is 0.516. The molecule has 82 valence electrons. The molecule has 1 saturated heterocycles. The van der Waals surface area contributed by atoms with Crippen molar-refractivity contribution >= 4 is 27.5 Å². The molecular weight excluding hydrogens is 234 g/mol. The van der Waals surface area contributed by atoms with Gasteiger partial charge in [0.05, 0.1) is 22.2 Å². The number of aldehydes is 1. The Morgan fingerprint density at radius 2 is 2.40 bits per heavy atom.